The smallest absolute Gasteiger partial charge is 0.265 e. The van der Waals surface area contributed by atoms with Crippen molar-refractivity contribution in [1.29, 1.82) is 0 Å². The number of carbonyl (C=O) groups excluding carboxylic acids is 1. The first-order chi connectivity index (χ1) is 9.95. The average molecular weight is 304 g/mol. The molecule has 0 fully saturated rings. The summed E-state index contributed by atoms with van der Waals surface area (Å²) in [6, 6.07) is 13.0. The van der Waals surface area contributed by atoms with Crippen molar-refractivity contribution < 1.29 is 9.53 Å². The van der Waals surface area contributed by atoms with Crippen molar-refractivity contribution in [2.24, 2.45) is 0 Å². The van der Waals surface area contributed by atoms with Gasteiger partial charge >= 0.3 is 0 Å². The molecular formula is C17H18ClNO2. The fourth-order valence-corrected chi connectivity index (χ4v) is 1.95. The van der Waals surface area contributed by atoms with E-state index in [0.717, 1.165) is 16.8 Å². The Morgan fingerprint density at radius 3 is 2.43 bits per heavy atom. The molecule has 1 N–H and O–H groups in total. The number of hydrogen-bond donors (Lipinski definition) is 1. The van der Waals surface area contributed by atoms with Gasteiger partial charge in [-0.05, 0) is 56.7 Å². The van der Waals surface area contributed by atoms with E-state index in [0.29, 0.717) is 10.8 Å². The lowest BCUT2D eigenvalue weighted by Gasteiger charge is -2.15. The number of amides is 1. The van der Waals surface area contributed by atoms with Gasteiger partial charge in [0.2, 0.25) is 0 Å². The highest BCUT2D eigenvalue weighted by Crippen LogP contribution is 2.22. The number of ether oxygens (including phenoxy) is 1. The van der Waals surface area contributed by atoms with Gasteiger partial charge in [0.15, 0.2) is 6.10 Å². The summed E-state index contributed by atoms with van der Waals surface area (Å²) in [5.41, 5.74) is 2.82. The van der Waals surface area contributed by atoms with Gasteiger partial charge in [0.05, 0.1) is 0 Å². The second-order valence-electron chi connectivity index (χ2n) is 5.03. The third-order valence-electron chi connectivity index (χ3n) is 3.13. The first kappa shape index (κ1) is 15.4. The van der Waals surface area contributed by atoms with E-state index < -0.39 is 6.10 Å². The van der Waals surface area contributed by atoms with E-state index in [1.807, 2.05) is 44.2 Å². The van der Waals surface area contributed by atoms with Crippen LogP contribution in [0, 0.1) is 13.8 Å². The Bertz CT molecular complexity index is 638. The number of nitrogens with one attached hydrogen (secondary N) is 1. The van der Waals surface area contributed by atoms with E-state index in [1.165, 1.54) is 0 Å². The van der Waals surface area contributed by atoms with Crippen LogP contribution in [0.3, 0.4) is 0 Å². The van der Waals surface area contributed by atoms with Crippen LogP contribution in [0.5, 0.6) is 5.75 Å². The van der Waals surface area contributed by atoms with Crippen molar-refractivity contribution in [3.63, 3.8) is 0 Å². The maximum Gasteiger partial charge on any atom is 0.265 e. The summed E-state index contributed by atoms with van der Waals surface area (Å²) >= 11 is 5.96. The van der Waals surface area contributed by atoms with Crippen LogP contribution in [0.25, 0.3) is 0 Å². The van der Waals surface area contributed by atoms with Crippen molar-refractivity contribution in [2.45, 2.75) is 26.9 Å². The molecule has 0 aliphatic heterocycles. The second-order valence-corrected chi connectivity index (χ2v) is 5.43. The Morgan fingerprint density at radius 2 is 1.81 bits per heavy atom. The quantitative estimate of drug-likeness (QED) is 0.911. The summed E-state index contributed by atoms with van der Waals surface area (Å²) < 4.78 is 5.64. The first-order valence-electron chi connectivity index (χ1n) is 6.76. The molecule has 1 amide bonds. The summed E-state index contributed by atoms with van der Waals surface area (Å²) in [7, 11) is 0. The molecule has 2 aromatic carbocycles. The molecule has 0 radical (unpaired) electrons. The summed E-state index contributed by atoms with van der Waals surface area (Å²) in [4.78, 5) is 12.1. The second kappa shape index (κ2) is 6.64. The van der Waals surface area contributed by atoms with E-state index in [2.05, 4.69) is 5.32 Å². The van der Waals surface area contributed by atoms with Gasteiger partial charge < -0.3 is 10.1 Å². The number of rotatable bonds is 4. The van der Waals surface area contributed by atoms with E-state index in [-0.39, 0.29) is 5.91 Å². The minimum atomic E-state index is -0.591. The van der Waals surface area contributed by atoms with Gasteiger partial charge in [0.25, 0.3) is 5.91 Å². The molecule has 0 unspecified atom stereocenters. The van der Waals surface area contributed by atoms with Crippen molar-refractivity contribution >= 4 is 23.2 Å². The fourth-order valence-electron chi connectivity index (χ4n) is 1.83. The Labute approximate surface area is 129 Å². The number of aryl methyl sites for hydroxylation is 2. The lowest BCUT2D eigenvalue weighted by Crippen LogP contribution is -2.30. The molecule has 0 aliphatic carbocycles. The predicted octanol–water partition coefficient (Wildman–Crippen LogP) is 4.36. The van der Waals surface area contributed by atoms with Gasteiger partial charge in [-0.1, -0.05) is 29.3 Å². The molecule has 1 atom stereocenters. The largest absolute Gasteiger partial charge is 0.481 e. The summed E-state index contributed by atoms with van der Waals surface area (Å²) in [5, 5.41) is 3.50. The zero-order chi connectivity index (χ0) is 15.4. The number of hydrogen-bond acceptors (Lipinski definition) is 2. The third kappa shape index (κ3) is 4.23. The molecule has 0 heterocycles. The summed E-state index contributed by atoms with van der Waals surface area (Å²) in [6.45, 7) is 5.61. The minimum Gasteiger partial charge on any atom is -0.481 e. The highest BCUT2D eigenvalue weighted by Gasteiger charge is 2.15. The van der Waals surface area contributed by atoms with E-state index >= 15 is 0 Å². The monoisotopic (exact) mass is 303 g/mol. The third-order valence-corrected chi connectivity index (χ3v) is 3.55. The van der Waals surface area contributed by atoms with Crippen molar-refractivity contribution in [3.05, 3.63) is 58.6 Å². The van der Waals surface area contributed by atoms with Gasteiger partial charge in [-0.2, -0.15) is 0 Å². The standard InChI is InChI=1S/C17H18ClNO2/c1-11-4-6-14(7-5-11)19-17(20)13(3)21-15-8-9-16(18)12(2)10-15/h4-10,13H,1-3H3,(H,19,20)/t13-/m1/s1. The van der Waals surface area contributed by atoms with Crippen LogP contribution in [0.2, 0.25) is 5.02 Å². The lowest BCUT2D eigenvalue weighted by atomic mass is 10.2. The van der Waals surface area contributed by atoms with E-state index in [1.54, 1.807) is 19.1 Å². The predicted molar refractivity (Wildman–Crippen MR) is 86.1 cm³/mol. The van der Waals surface area contributed by atoms with Gasteiger partial charge in [0.1, 0.15) is 5.75 Å². The van der Waals surface area contributed by atoms with Gasteiger partial charge in [-0.25, -0.2) is 0 Å². The normalized spacial score (nSPS) is 11.8. The van der Waals surface area contributed by atoms with Crippen LogP contribution in [-0.4, -0.2) is 12.0 Å². The molecule has 0 bridgehead atoms. The van der Waals surface area contributed by atoms with Crippen molar-refractivity contribution in [1.82, 2.24) is 0 Å². The van der Waals surface area contributed by atoms with Crippen LogP contribution >= 0.6 is 11.6 Å². The summed E-state index contributed by atoms with van der Waals surface area (Å²) in [6.07, 6.45) is -0.591. The molecule has 0 saturated carbocycles. The fraction of sp³-hybridized carbons (Fsp3) is 0.235. The lowest BCUT2D eigenvalue weighted by molar-refractivity contribution is -0.122. The Hall–Kier alpha value is -2.00. The maximum atomic E-state index is 12.1. The van der Waals surface area contributed by atoms with Gasteiger partial charge in [-0.15, -0.1) is 0 Å². The van der Waals surface area contributed by atoms with Crippen LogP contribution in [0.15, 0.2) is 42.5 Å². The maximum absolute atomic E-state index is 12.1. The molecule has 0 saturated heterocycles. The Morgan fingerprint density at radius 1 is 1.14 bits per heavy atom. The molecule has 0 aromatic heterocycles. The molecule has 3 nitrogen and oxygen atoms in total. The zero-order valence-corrected chi connectivity index (χ0v) is 13.1. The van der Waals surface area contributed by atoms with Gasteiger partial charge in [-0.3, -0.25) is 4.79 Å². The van der Waals surface area contributed by atoms with E-state index in [4.69, 9.17) is 16.3 Å². The average Bonchev–Trinajstić information content (AvgIpc) is 2.45. The Kier molecular flexibility index (Phi) is 4.86. The molecule has 0 aliphatic rings. The first-order valence-corrected chi connectivity index (χ1v) is 7.14. The number of anilines is 1. The molecule has 21 heavy (non-hydrogen) atoms. The SMILES string of the molecule is Cc1ccc(NC(=O)[C@@H](C)Oc2ccc(Cl)c(C)c2)cc1. The molecule has 110 valence electrons. The number of halogens is 1. The highest BCUT2D eigenvalue weighted by molar-refractivity contribution is 6.31. The molecule has 0 spiro atoms. The molecule has 2 rings (SSSR count). The van der Waals surface area contributed by atoms with Crippen molar-refractivity contribution in [2.75, 3.05) is 5.32 Å². The van der Waals surface area contributed by atoms with Crippen molar-refractivity contribution in [3.8, 4) is 5.75 Å². The molecular weight excluding hydrogens is 286 g/mol. The summed E-state index contributed by atoms with van der Waals surface area (Å²) in [5.74, 6) is 0.440. The highest BCUT2D eigenvalue weighted by atomic mass is 35.5. The van der Waals surface area contributed by atoms with Crippen LogP contribution in [0.1, 0.15) is 18.1 Å². The molecule has 2 aromatic rings. The minimum absolute atomic E-state index is 0.188. The van der Waals surface area contributed by atoms with Crippen LogP contribution in [-0.2, 0) is 4.79 Å². The van der Waals surface area contributed by atoms with Gasteiger partial charge in [0, 0.05) is 10.7 Å². The Balaban J connectivity index is 1.98. The zero-order valence-electron chi connectivity index (χ0n) is 12.3. The topological polar surface area (TPSA) is 38.3 Å². The molecule has 4 heteroatoms. The van der Waals surface area contributed by atoms with E-state index in [9.17, 15) is 4.79 Å². The number of benzene rings is 2. The van der Waals surface area contributed by atoms with Crippen LogP contribution in [0.4, 0.5) is 5.69 Å². The number of carbonyl (C=O) groups is 1. The van der Waals surface area contributed by atoms with Crippen LogP contribution < -0.4 is 10.1 Å².